The lowest BCUT2D eigenvalue weighted by Crippen LogP contribution is -2.46. The molecule has 1 aliphatic heterocycles. The Balaban J connectivity index is 0.00000288. The monoisotopic (exact) mass is 469 g/mol. The summed E-state index contributed by atoms with van der Waals surface area (Å²) in [7, 11) is 3.01. The Morgan fingerprint density at radius 3 is 2.58 bits per heavy atom. The molecule has 0 radical (unpaired) electrons. The van der Waals surface area contributed by atoms with E-state index in [-0.39, 0.29) is 35.5 Å². The predicted molar refractivity (Wildman–Crippen MR) is 109 cm³/mol. The molecule has 9 heteroatoms. The molecule has 24 heavy (non-hydrogen) atoms. The van der Waals surface area contributed by atoms with Crippen LogP contribution in [0, 0.1) is 0 Å². The maximum atomic E-state index is 11.4. The molecule has 1 aliphatic rings. The first kappa shape index (κ1) is 21.2. The number of hydrogen-bond acceptors (Lipinski definition) is 4. The van der Waals surface area contributed by atoms with Crippen molar-refractivity contribution in [3.8, 4) is 0 Å². The molecule has 0 atom stereocenters. The van der Waals surface area contributed by atoms with Crippen molar-refractivity contribution in [2.45, 2.75) is 6.54 Å². The van der Waals surface area contributed by atoms with Gasteiger partial charge in [-0.2, -0.15) is 0 Å². The fourth-order valence-corrected chi connectivity index (χ4v) is 3.94. The Morgan fingerprint density at radius 2 is 2.04 bits per heavy atom. The molecule has 138 valence electrons. The first-order valence-electron chi connectivity index (χ1n) is 7.86. The van der Waals surface area contributed by atoms with Gasteiger partial charge in [-0.25, -0.2) is 8.42 Å². The van der Waals surface area contributed by atoms with Crippen molar-refractivity contribution in [3.05, 3.63) is 24.0 Å². The van der Waals surface area contributed by atoms with Crippen LogP contribution in [0.15, 0.2) is 23.3 Å². The van der Waals surface area contributed by atoms with Crippen molar-refractivity contribution in [1.29, 1.82) is 0 Å². The van der Waals surface area contributed by atoms with E-state index in [9.17, 15) is 8.42 Å². The molecule has 0 aliphatic carbocycles. The van der Waals surface area contributed by atoms with Crippen molar-refractivity contribution in [3.63, 3.8) is 0 Å². The maximum Gasteiger partial charge on any atom is 0.193 e. The van der Waals surface area contributed by atoms with Crippen LogP contribution in [0.3, 0.4) is 0 Å². The molecular formula is C15H28IN5O2S. The molecule has 1 N–H and O–H groups in total. The minimum atomic E-state index is -2.80. The van der Waals surface area contributed by atoms with Gasteiger partial charge in [-0.1, -0.05) is 0 Å². The summed E-state index contributed by atoms with van der Waals surface area (Å²) < 4.78 is 24.9. The lowest BCUT2D eigenvalue weighted by Gasteiger charge is -2.28. The summed E-state index contributed by atoms with van der Waals surface area (Å²) in [6.45, 7) is 3.62. The van der Waals surface area contributed by atoms with Gasteiger partial charge in [-0.15, -0.1) is 24.0 Å². The van der Waals surface area contributed by atoms with E-state index in [1.165, 1.54) is 5.69 Å². The maximum absolute atomic E-state index is 11.4. The van der Waals surface area contributed by atoms with Crippen LogP contribution in [0.2, 0.25) is 0 Å². The smallest absolute Gasteiger partial charge is 0.193 e. The molecule has 0 aromatic carbocycles. The zero-order chi connectivity index (χ0) is 16.9. The number of hydrogen-bond donors (Lipinski definition) is 1. The van der Waals surface area contributed by atoms with E-state index in [0.717, 1.165) is 25.6 Å². The summed E-state index contributed by atoms with van der Waals surface area (Å²) in [5.41, 5.74) is 1.22. The van der Waals surface area contributed by atoms with Crippen LogP contribution in [-0.2, 0) is 23.4 Å². The molecule has 0 amide bonds. The molecule has 0 spiro atoms. The van der Waals surface area contributed by atoms with E-state index in [4.69, 9.17) is 0 Å². The highest BCUT2D eigenvalue weighted by Gasteiger charge is 2.21. The second kappa shape index (κ2) is 9.62. The molecule has 1 aromatic rings. The molecule has 1 fully saturated rings. The summed E-state index contributed by atoms with van der Waals surface area (Å²) in [4.78, 5) is 8.57. The summed E-state index contributed by atoms with van der Waals surface area (Å²) in [6, 6.07) is 4.13. The number of rotatable bonds is 5. The Labute approximate surface area is 162 Å². The molecule has 1 saturated heterocycles. The molecule has 2 heterocycles. The molecule has 7 nitrogen and oxygen atoms in total. The minimum absolute atomic E-state index is 0. The van der Waals surface area contributed by atoms with Gasteiger partial charge in [0, 0.05) is 59.2 Å². The van der Waals surface area contributed by atoms with Crippen LogP contribution >= 0.6 is 24.0 Å². The number of nitrogens with one attached hydrogen (secondary N) is 1. The highest BCUT2D eigenvalue weighted by molar-refractivity contribution is 14.0. The molecule has 0 bridgehead atoms. The number of halogens is 1. The zero-order valence-electron chi connectivity index (χ0n) is 14.6. The number of nitrogens with zero attached hydrogens (tertiary/aromatic N) is 4. The summed E-state index contributed by atoms with van der Waals surface area (Å²) >= 11 is 0. The average molecular weight is 469 g/mol. The lowest BCUT2D eigenvalue weighted by molar-refractivity contribution is 0.298. The average Bonchev–Trinajstić information content (AvgIpc) is 2.90. The normalized spacial score (nSPS) is 18.0. The quantitative estimate of drug-likeness (QED) is 0.384. The fraction of sp³-hybridized carbons (Fsp3) is 0.667. The van der Waals surface area contributed by atoms with Gasteiger partial charge in [-0.3, -0.25) is 9.89 Å². The molecule has 0 saturated carbocycles. The lowest BCUT2D eigenvalue weighted by atomic mass is 10.4. The molecule has 0 unspecified atom stereocenters. The van der Waals surface area contributed by atoms with Crippen molar-refractivity contribution in [1.82, 2.24) is 19.7 Å². The Hall–Kier alpha value is -0.810. The third kappa shape index (κ3) is 6.25. The second-order valence-corrected chi connectivity index (χ2v) is 8.24. The summed E-state index contributed by atoms with van der Waals surface area (Å²) in [5.74, 6) is 1.39. The first-order valence-corrected chi connectivity index (χ1v) is 9.68. The van der Waals surface area contributed by atoms with Gasteiger partial charge in [0.2, 0.25) is 0 Å². The van der Waals surface area contributed by atoms with Crippen LogP contribution in [-0.4, -0.2) is 80.5 Å². The Kier molecular flexibility index (Phi) is 8.51. The van der Waals surface area contributed by atoms with Gasteiger partial charge in [0.05, 0.1) is 18.1 Å². The van der Waals surface area contributed by atoms with Gasteiger partial charge in [-0.05, 0) is 12.1 Å². The van der Waals surface area contributed by atoms with Crippen LogP contribution in [0.4, 0.5) is 0 Å². The number of aliphatic imine (C=N–C) groups is 1. The van der Waals surface area contributed by atoms with Crippen molar-refractivity contribution in [2.75, 3.05) is 51.8 Å². The van der Waals surface area contributed by atoms with Crippen LogP contribution in [0.25, 0.3) is 0 Å². The first-order chi connectivity index (χ1) is 10.9. The SMILES string of the molecule is CN=C(NCCN1CCS(=O)(=O)CC1)N(C)Cc1cccn1C.I. The van der Waals surface area contributed by atoms with Gasteiger partial charge in [0.25, 0.3) is 0 Å². The number of guanidine groups is 1. The van der Waals surface area contributed by atoms with E-state index >= 15 is 0 Å². The molecule has 1 aromatic heterocycles. The van der Waals surface area contributed by atoms with Crippen LogP contribution in [0.1, 0.15) is 5.69 Å². The Bertz CT molecular complexity index is 630. The van der Waals surface area contributed by atoms with Gasteiger partial charge < -0.3 is 14.8 Å². The number of aryl methyl sites for hydroxylation is 1. The highest BCUT2D eigenvalue weighted by Crippen LogP contribution is 2.04. The summed E-state index contributed by atoms with van der Waals surface area (Å²) in [6.07, 6.45) is 2.03. The third-order valence-corrected chi connectivity index (χ3v) is 5.78. The van der Waals surface area contributed by atoms with E-state index in [2.05, 4.69) is 30.7 Å². The minimum Gasteiger partial charge on any atom is -0.355 e. The molecule has 2 rings (SSSR count). The Morgan fingerprint density at radius 1 is 1.38 bits per heavy atom. The zero-order valence-corrected chi connectivity index (χ0v) is 17.8. The van der Waals surface area contributed by atoms with Gasteiger partial charge in [0.15, 0.2) is 15.8 Å². The van der Waals surface area contributed by atoms with E-state index in [1.807, 2.05) is 26.4 Å². The standard InChI is InChI=1S/C15H27N5O2S.HI/c1-16-15(19(3)13-14-5-4-7-18(14)2)17-6-8-20-9-11-23(21,22)12-10-20;/h4-5,7H,6,8-13H2,1-3H3,(H,16,17);1H. The number of aromatic nitrogens is 1. The fourth-order valence-electron chi connectivity index (χ4n) is 2.66. The second-order valence-electron chi connectivity index (χ2n) is 5.93. The predicted octanol–water partition coefficient (Wildman–Crippen LogP) is 0.381. The van der Waals surface area contributed by atoms with Crippen molar-refractivity contribution >= 4 is 39.8 Å². The van der Waals surface area contributed by atoms with Crippen LogP contribution in [0.5, 0.6) is 0 Å². The van der Waals surface area contributed by atoms with Gasteiger partial charge in [0.1, 0.15) is 0 Å². The largest absolute Gasteiger partial charge is 0.355 e. The third-order valence-electron chi connectivity index (χ3n) is 4.17. The van der Waals surface area contributed by atoms with Crippen molar-refractivity contribution in [2.24, 2.45) is 12.0 Å². The van der Waals surface area contributed by atoms with E-state index in [0.29, 0.717) is 13.1 Å². The van der Waals surface area contributed by atoms with Crippen molar-refractivity contribution < 1.29 is 8.42 Å². The number of sulfone groups is 1. The van der Waals surface area contributed by atoms with Gasteiger partial charge >= 0.3 is 0 Å². The summed E-state index contributed by atoms with van der Waals surface area (Å²) in [5, 5.41) is 3.34. The van der Waals surface area contributed by atoms with Crippen LogP contribution < -0.4 is 5.32 Å². The highest BCUT2D eigenvalue weighted by atomic mass is 127. The topological polar surface area (TPSA) is 69.9 Å². The van der Waals surface area contributed by atoms with E-state index in [1.54, 1.807) is 7.05 Å². The van der Waals surface area contributed by atoms with E-state index < -0.39 is 9.84 Å². The molecular weight excluding hydrogens is 441 g/mol.